The summed E-state index contributed by atoms with van der Waals surface area (Å²) in [5, 5.41) is 12.2. The van der Waals surface area contributed by atoms with Crippen LogP contribution in [0.3, 0.4) is 0 Å². The summed E-state index contributed by atoms with van der Waals surface area (Å²) in [4.78, 5) is 34.7. The van der Waals surface area contributed by atoms with E-state index >= 15 is 0 Å². The number of benzene rings is 1. The van der Waals surface area contributed by atoms with Crippen LogP contribution in [0.1, 0.15) is 49.5 Å². The molecule has 28 heavy (non-hydrogen) atoms. The lowest BCUT2D eigenvalue weighted by Crippen LogP contribution is -2.40. The first kappa shape index (κ1) is 24.0. The molecule has 2 rings (SSSR count). The molecule has 2 N–H and O–H groups in total. The number of carboxylic acid groups (broad SMARTS) is 1. The van der Waals surface area contributed by atoms with Gasteiger partial charge in [0, 0.05) is 12.1 Å². The smallest absolute Gasteiger partial charge is 0.323 e. The Bertz CT molecular complexity index is 668. The van der Waals surface area contributed by atoms with Crippen molar-refractivity contribution in [1.29, 1.82) is 0 Å². The Morgan fingerprint density at radius 2 is 2.00 bits per heavy atom. The highest BCUT2D eigenvalue weighted by molar-refractivity contribution is 7.99. The predicted octanol–water partition coefficient (Wildman–Crippen LogP) is 2.74. The van der Waals surface area contributed by atoms with E-state index in [-0.39, 0.29) is 24.5 Å². The van der Waals surface area contributed by atoms with E-state index in [2.05, 4.69) is 12.2 Å². The van der Waals surface area contributed by atoms with Crippen LogP contribution in [-0.4, -0.2) is 58.7 Å². The van der Waals surface area contributed by atoms with Crippen LogP contribution in [-0.2, 0) is 20.9 Å². The van der Waals surface area contributed by atoms with Crippen LogP contribution >= 0.6 is 11.8 Å². The molecule has 1 unspecified atom stereocenters. The summed E-state index contributed by atoms with van der Waals surface area (Å²) in [6.45, 7) is 6.43. The molecule has 7 nitrogen and oxygen atoms in total. The minimum absolute atomic E-state index is 0.164. The molecule has 0 saturated carbocycles. The van der Waals surface area contributed by atoms with Crippen molar-refractivity contribution in [3.8, 4) is 0 Å². The zero-order valence-corrected chi connectivity index (χ0v) is 17.8. The second-order valence-corrected chi connectivity index (χ2v) is 7.41. The molecule has 1 amide bonds. The van der Waals surface area contributed by atoms with Crippen molar-refractivity contribution in [2.45, 2.75) is 51.6 Å². The van der Waals surface area contributed by atoms with Gasteiger partial charge in [-0.3, -0.25) is 19.7 Å². The zero-order valence-electron chi connectivity index (χ0n) is 16.9. The van der Waals surface area contributed by atoms with Gasteiger partial charge in [0.15, 0.2) is 0 Å². The Morgan fingerprint density at radius 1 is 1.32 bits per heavy atom. The summed E-state index contributed by atoms with van der Waals surface area (Å²) in [5.41, 5.74) is 1.52. The maximum atomic E-state index is 11.6. The normalized spacial score (nSPS) is 14.6. The highest BCUT2D eigenvalue weighted by atomic mass is 32.2. The molecule has 1 heterocycles. The van der Waals surface area contributed by atoms with Crippen LogP contribution in [0, 0.1) is 0 Å². The summed E-state index contributed by atoms with van der Waals surface area (Å²) >= 11 is 1.74. The maximum absolute atomic E-state index is 11.6. The third-order valence-electron chi connectivity index (χ3n) is 4.13. The maximum Gasteiger partial charge on any atom is 0.323 e. The molecule has 2 atom stereocenters. The number of nitrogens with one attached hydrogen (secondary N) is 1. The molecule has 1 aromatic rings. The number of carboxylic acids is 1. The van der Waals surface area contributed by atoms with Crippen LogP contribution in [0.2, 0.25) is 0 Å². The average molecular weight is 411 g/mol. The largest absolute Gasteiger partial charge is 0.480 e. The van der Waals surface area contributed by atoms with Gasteiger partial charge in [0.25, 0.3) is 5.91 Å². The van der Waals surface area contributed by atoms with E-state index in [0.717, 1.165) is 18.4 Å². The summed E-state index contributed by atoms with van der Waals surface area (Å²) < 4.78 is 4.92. The van der Waals surface area contributed by atoms with Gasteiger partial charge in [0.05, 0.1) is 12.0 Å². The fourth-order valence-corrected chi connectivity index (χ4v) is 3.56. The lowest BCUT2D eigenvalue weighted by Gasteiger charge is -2.19. The average Bonchev–Trinajstić information content (AvgIpc) is 2.97. The summed E-state index contributed by atoms with van der Waals surface area (Å²) in [5.74, 6) is -1.34. The van der Waals surface area contributed by atoms with Gasteiger partial charge in [0.1, 0.15) is 12.6 Å². The van der Waals surface area contributed by atoms with E-state index in [4.69, 9.17) is 9.84 Å². The van der Waals surface area contributed by atoms with Crippen LogP contribution < -0.4 is 5.32 Å². The predicted molar refractivity (Wildman–Crippen MR) is 110 cm³/mol. The number of carbonyl (C=O) groups excluding carboxylic acids is 2. The molecule has 0 saturated heterocycles. The van der Waals surface area contributed by atoms with E-state index in [9.17, 15) is 14.4 Å². The second-order valence-electron chi connectivity index (χ2n) is 6.37. The first-order chi connectivity index (χ1) is 13.3. The van der Waals surface area contributed by atoms with Gasteiger partial charge >= 0.3 is 11.9 Å². The van der Waals surface area contributed by atoms with Gasteiger partial charge in [-0.1, -0.05) is 31.5 Å². The summed E-state index contributed by atoms with van der Waals surface area (Å²) in [7, 11) is 0. The number of hydrogen-bond donors (Lipinski definition) is 2. The minimum Gasteiger partial charge on any atom is -0.480 e. The van der Waals surface area contributed by atoms with Gasteiger partial charge in [-0.15, -0.1) is 11.8 Å². The molecule has 0 spiro atoms. The third-order valence-corrected chi connectivity index (χ3v) is 5.07. The third kappa shape index (κ3) is 7.52. The van der Waals surface area contributed by atoms with E-state index in [1.807, 2.05) is 32.2 Å². The monoisotopic (exact) mass is 410 g/mol. The number of nitrogens with zero attached hydrogens (tertiary/aromatic N) is 1. The van der Waals surface area contributed by atoms with Crippen LogP contribution in [0.5, 0.6) is 0 Å². The Hall–Kier alpha value is -2.06. The van der Waals surface area contributed by atoms with Crippen LogP contribution in [0.25, 0.3) is 0 Å². The topological polar surface area (TPSA) is 95.9 Å². The van der Waals surface area contributed by atoms with E-state index < -0.39 is 5.97 Å². The van der Waals surface area contributed by atoms with Crippen LogP contribution in [0.15, 0.2) is 24.3 Å². The van der Waals surface area contributed by atoms with E-state index in [1.165, 1.54) is 4.90 Å². The molecule has 1 aliphatic heterocycles. The fourth-order valence-electron chi connectivity index (χ4n) is 2.75. The highest BCUT2D eigenvalue weighted by Gasteiger charge is 2.27. The molecule has 1 aromatic carbocycles. The fraction of sp³-hybridized carbons (Fsp3) is 0.550. The SMILES string of the molecule is CCCC(N[C@@H](C)C(=O)OCC)SC.O=C(O)CN1Cc2ccccc2C1=O. The molecule has 0 radical (unpaired) electrons. The van der Waals surface area contributed by atoms with Crippen molar-refractivity contribution in [3.05, 3.63) is 35.4 Å². The summed E-state index contributed by atoms with van der Waals surface area (Å²) in [6, 6.07) is 6.98. The Kier molecular flexibility index (Phi) is 10.6. The van der Waals surface area contributed by atoms with Crippen LogP contribution in [0.4, 0.5) is 0 Å². The first-order valence-electron chi connectivity index (χ1n) is 9.38. The lowest BCUT2D eigenvalue weighted by atomic mass is 10.1. The molecular weight excluding hydrogens is 380 g/mol. The number of esters is 1. The van der Waals surface area contributed by atoms with Crippen molar-refractivity contribution >= 4 is 29.6 Å². The van der Waals surface area contributed by atoms with Gasteiger partial charge < -0.3 is 14.7 Å². The number of ether oxygens (including phenoxy) is 1. The molecule has 0 fully saturated rings. The Morgan fingerprint density at radius 3 is 2.54 bits per heavy atom. The first-order valence-corrected chi connectivity index (χ1v) is 10.7. The standard InChI is InChI=1S/C10H9NO3.C10H21NO2S/c12-9(13)6-11-5-7-3-1-2-4-8(7)10(11)14;1-5-7-9(14-4)11-8(3)10(12)13-6-2/h1-4H,5-6H2,(H,12,13);8-9,11H,5-7H2,1-4H3/t;8-,9?/m.0/s1. The van der Waals surface area contributed by atoms with Gasteiger partial charge in [-0.05, 0) is 38.2 Å². The quantitative estimate of drug-likeness (QED) is 0.477. The number of aliphatic carboxylic acids is 1. The second kappa shape index (κ2) is 12.4. The van der Waals surface area contributed by atoms with Crippen molar-refractivity contribution in [2.75, 3.05) is 19.4 Å². The Labute approximate surface area is 170 Å². The molecule has 0 bridgehead atoms. The van der Waals surface area contributed by atoms with Crippen molar-refractivity contribution in [3.63, 3.8) is 0 Å². The number of thioether (sulfide) groups is 1. The van der Waals surface area contributed by atoms with E-state index in [0.29, 0.717) is 24.1 Å². The molecule has 8 heteroatoms. The van der Waals surface area contributed by atoms with Gasteiger partial charge in [-0.2, -0.15) is 0 Å². The van der Waals surface area contributed by atoms with Crippen molar-refractivity contribution < 1.29 is 24.2 Å². The molecule has 156 valence electrons. The van der Waals surface area contributed by atoms with Gasteiger partial charge in [0.2, 0.25) is 0 Å². The number of carbonyl (C=O) groups is 3. The van der Waals surface area contributed by atoms with Crippen molar-refractivity contribution in [1.82, 2.24) is 10.2 Å². The molecule has 0 aliphatic carbocycles. The Balaban J connectivity index is 0.000000280. The number of amides is 1. The highest BCUT2D eigenvalue weighted by Crippen LogP contribution is 2.21. The van der Waals surface area contributed by atoms with Gasteiger partial charge in [-0.25, -0.2) is 0 Å². The molecular formula is C20H30N2O5S. The van der Waals surface area contributed by atoms with E-state index in [1.54, 1.807) is 23.9 Å². The number of rotatable bonds is 9. The lowest BCUT2D eigenvalue weighted by molar-refractivity contribution is -0.145. The zero-order chi connectivity index (χ0) is 21.1. The summed E-state index contributed by atoms with van der Waals surface area (Å²) in [6.07, 6.45) is 4.24. The minimum atomic E-state index is -0.980. The number of hydrogen-bond acceptors (Lipinski definition) is 6. The number of fused-ring (bicyclic) bond motifs is 1. The molecule has 1 aliphatic rings. The molecule has 0 aromatic heterocycles. The van der Waals surface area contributed by atoms with Crippen molar-refractivity contribution in [2.24, 2.45) is 0 Å².